The summed E-state index contributed by atoms with van der Waals surface area (Å²) in [5.74, 6) is 1.05. The van der Waals surface area contributed by atoms with Crippen molar-refractivity contribution in [2.24, 2.45) is 0 Å². The van der Waals surface area contributed by atoms with Gasteiger partial charge in [-0.05, 0) is 25.5 Å². The van der Waals surface area contributed by atoms with Crippen molar-refractivity contribution in [1.29, 1.82) is 0 Å². The molecule has 1 N–H and O–H groups in total. The molecule has 4 heteroatoms. The first-order chi connectivity index (χ1) is 10.3. The third-order valence-corrected chi connectivity index (χ3v) is 3.79. The topological polar surface area (TPSA) is 33.7 Å². The number of nitrogens with zero attached hydrogens (tertiary/aromatic N) is 1. The summed E-state index contributed by atoms with van der Waals surface area (Å²) in [7, 11) is 0. The Kier molecular flexibility index (Phi) is 7.00. The van der Waals surface area contributed by atoms with Crippen LogP contribution in [0.1, 0.15) is 24.5 Å². The summed E-state index contributed by atoms with van der Waals surface area (Å²) in [6.07, 6.45) is 1.15. The Morgan fingerprint density at radius 3 is 2.86 bits per heavy atom. The number of nitrogens with one attached hydrogen (secondary N) is 1. The summed E-state index contributed by atoms with van der Waals surface area (Å²) >= 11 is 0. The molecule has 0 bridgehead atoms. The normalized spacial score (nSPS) is 16.1. The molecular weight excluding hydrogens is 264 g/mol. The quantitative estimate of drug-likeness (QED) is 0.745. The van der Waals surface area contributed by atoms with E-state index in [4.69, 9.17) is 9.47 Å². The van der Waals surface area contributed by atoms with Gasteiger partial charge in [-0.1, -0.05) is 25.1 Å². The highest BCUT2D eigenvalue weighted by Crippen LogP contribution is 2.23. The van der Waals surface area contributed by atoms with Crippen LogP contribution in [0.2, 0.25) is 0 Å². The molecule has 0 radical (unpaired) electrons. The fraction of sp³-hybridized carbons (Fsp3) is 0.647. The van der Waals surface area contributed by atoms with Gasteiger partial charge in [0.2, 0.25) is 0 Å². The molecule has 0 spiro atoms. The number of ether oxygens (including phenoxy) is 2. The number of aryl methyl sites for hydroxylation is 1. The minimum absolute atomic E-state index is 0.742. The van der Waals surface area contributed by atoms with E-state index in [-0.39, 0.29) is 0 Å². The van der Waals surface area contributed by atoms with E-state index in [2.05, 4.69) is 42.3 Å². The van der Waals surface area contributed by atoms with Crippen LogP contribution in [-0.2, 0) is 11.3 Å². The summed E-state index contributed by atoms with van der Waals surface area (Å²) in [5.41, 5.74) is 2.47. The van der Waals surface area contributed by atoms with Crippen LogP contribution in [0.4, 0.5) is 0 Å². The molecule has 0 saturated carbocycles. The average molecular weight is 292 g/mol. The summed E-state index contributed by atoms with van der Waals surface area (Å²) in [5, 5.41) is 3.45. The lowest BCUT2D eigenvalue weighted by Gasteiger charge is -2.26. The molecule has 1 aromatic rings. The molecule has 21 heavy (non-hydrogen) atoms. The maximum Gasteiger partial charge on any atom is 0.126 e. The van der Waals surface area contributed by atoms with Gasteiger partial charge in [0.1, 0.15) is 12.4 Å². The van der Waals surface area contributed by atoms with E-state index >= 15 is 0 Å². The Morgan fingerprint density at radius 2 is 2.10 bits per heavy atom. The molecule has 1 aliphatic heterocycles. The van der Waals surface area contributed by atoms with Crippen molar-refractivity contribution in [2.45, 2.75) is 26.8 Å². The van der Waals surface area contributed by atoms with Crippen molar-refractivity contribution in [3.8, 4) is 5.75 Å². The van der Waals surface area contributed by atoms with Gasteiger partial charge in [0.25, 0.3) is 0 Å². The second-order valence-corrected chi connectivity index (χ2v) is 5.54. The Morgan fingerprint density at radius 1 is 1.29 bits per heavy atom. The van der Waals surface area contributed by atoms with Crippen LogP contribution in [0.15, 0.2) is 18.2 Å². The van der Waals surface area contributed by atoms with E-state index in [1.807, 2.05) is 0 Å². The summed E-state index contributed by atoms with van der Waals surface area (Å²) in [6, 6.07) is 6.38. The molecule has 2 rings (SSSR count). The lowest BCUT2D eigenvalue weighted by atomic mass is 10.1. The summed E-state index contributed by atoms with van der Waals surface area (Å²) < 4.78 is 11.4. The van der Waals surface area contributed by atoms with E-state index in [0.717, 1.165) is 64.7 Å². The third-order valence-electron chi connectivity index (χ3n) is 3.79. The smallest absolute Gasteiger partial charge is 0.126 e. The molecule has 1 saturated heterocycles. The molecule has 0 atom stereocenters. The van der Waals surface area contributed by atoms with Gasteiger partial charge in [0.05, 0.1) is 13.2 Å². The predicted octanol–water partition coefficient (Wildman–Crippen LogP) is 2.21. The van der Waals surface area contributed by atoms with Crippen LogP contribution in [0.5, 0.6) is 5.75 Å². The first-order valence-electron chi connectivity index (χ1n) is 8.03. The van der Waals surface area contributed by atoms with Crippen molar-refractivity contribution < 1.29 is 9.47 Å². The van der Waals surface area contributed by atoms with Crippen LogP contribution in [0.3, 0.4) is 0 Å². The van der Waals surface area contributed by atoms with Crippen molar-refractivity contribution in [1.82, 2.24) is 10.2 Å². The zero-order valence-corrected chi connectivity index (χ0v) is 13.4. The van der Waals surface area contributed by atoms with Crippen molar-refractivity contribution >= 4 is 0 Å². The number of benzene rings is 1. The first kappa shape index (κ1) is 16.3. The number of hydrogen-bond donors (Lipinski definition) is 1. The number of morpholine rings is 1. The monoisotopic (exact) mass is 292 g/mol. The van der Waals surface area contributed by atoms with Gasteiger partial charge in [0.15, 0.2) is 0 Å². The Labute approximate surface area is 128 Å². The van der Waals surface area contributed by atoms with Gasteiger partial charge in [-0.3, -0.25) is 4.90 Å². The zero-order chi connectivity index (χ0) is 14.9. The molecule has 0 unspecified atom stereocenters. The van der Waals surface area contributed by atoms with Crippen LogP contribution in [0, 0.1) is 6.92 Å². The molecule has 1 fully saturated rings. The predicted molar refractivity (Wildman–Crippen MR) is 85.9 cm³/mol. The van der Waals surface area contributed by atoms with E-state index < -0.39 is 0 Å². The number of rotatable bonds is 8. The largest absolute Gasteiger partial charge is 0.492 e. The molecular formula is C17H28N2O2. The maximum atomic E-state index is 6.08. The number of para-hydroxylation sites is 1. The summed E-state index contributed by atoms with van der Waals surface area (Å²) in [4.78, 5) is 2.40. The van der Waals surface area contributed by atoms with Gasteiger partial charge in [0, 0.05) is 31.7 Å². The van der Waals surface area contributed by atoms with Gasteiger partial charge in [-0.15, -0.1) is 0 Å². The molecule has 118 valence electrons. The standard InChI is InChI=1S/C17H28N2O2/c1-3-7-18-14-16-6-4-5-15(2)17(16)21-13-10-19-8-11-20-12-9-19/h4-6,18H,3,7-14H2,1-2H3. The Balaban J connectivity index is 1.85. The van der Waals surface area contributed by atoms with Gasteiger partial charge >= 0.3 is 0 Å². The highest BCUT2D eigenvalue weighted by molar-refractivity contribution is 5.40. The lowest BCUT2D eigenvalue weighted by Crippen LogP contribution is -2.38. The van der Waals surface area contributed by atoms with Gasteiger partial charge in [-0.25, -0.2) is 0 Å². The summed E-state index contributed by atoms with van der Waals surface area (Å²) in [6.45, 7) is 11.7. The number of hydrogen-bond acceptors (Lipinski definition) is 4. The van der Waals surface area contributed by atoms with Crippen LogP contribution in [0.25, 0.3) is 0 Å². The molecule has 0 aliphatic carbocycles. The average Bonchev–Trinajstić information content (AvgIpc) is 2.51. The van der Waals surface area contributed by atoms with Crippen molar-refractivity contribution in [3.63, 3.8) is 0 Å². The minimum Gasteiger partial charge on any atom is -0.492 e. The molecule has 0 aromatic heterocycles. The highest BCUT2D eigenvalue weighted by Gasteiger charge is 2.11. The Hall–Kier alpha value is -1.10. The zero-order valence-electron chi connectivity index (χ0n) is 13.4. The fourth-order valence-corrected chi connectivity index (χ4v) is 2.56. The van der Waals surface area contributed by atoms with Crippen LogP contribution in [-0.4, -0.2) is 50.9 Å². The Bertz CT molecular complexity index is 417. The minimum atomic E-state index is 0.742. The second kappa shape index (κ2) is 9.03. The van der Waals surface area contributed by atoms with Crippen LogP contribution < -0.4 is 10.1 Å². The van der Waals surface area contributed by atoms with Crippen LogP contribution >= 0.6 is 0 Å². The maximum absolute atomic E-state index is 6.08. The lowest BCUT2D eigenvalue weighted by molar-refractivity contribution is 0.0321. The third kappa shape index (κ3) is 5.30. The SMILES string of the molecule is CCCNCc1cccc(C)c1OCCN1CCOCC1. The van der Waals surface area contributed by atoms with E-state index in [1.165, 1.54) is 11.1 Å². The van der Waals surface area contributed by atoms with Crippen molar-refractivity contribution in [3.05, 3.63) is 29.3 Å². The van der Waals surface area contributed by atoms with E-state index in [1.54, 1.807) is 0 Å². The molecule has 4 nitrogen and oxygen atoms in total. The molecule has 1 aromatic carbocycles. The van der Waals surface area contributed by atoms with Gasteiger partial charge < -0.3 is 14.8 Å². The highest BCUT2D eigenvalue weighted by atomic mass is 16.5. The van der Waals surface area contributed by atoms with Crippen molar-refractivity contribution in [2.75, 3.05) is 46.0 Å². The van der Waals surface area contributed by atoms with E-state index in [9.17, 15) is 0 Å². The molecule has 0 amide bonds. The fourth-order valence-electron chi connectivity index (χ4n) is 2.56. The molecule has 1 heterocycles. The van der Waals surface area contributed by atoms with E-state index in [0.29, 0.717) is 0 Å². The second-order valence-electron chi connectivity index (χ2n) is 5.54. The first-order valence-corrected chi connectivity index (χ1v) is 8.03. The molecule has 1 aliphatic rings. The van der Waals surface area contributed by atoms with Gasteiger partial charge in [-0.2, -0.15) is 0 Å².